The van der Waals surface area contributed by atoms with Crippen LogP contribution in [0.4, 0.5) is 4.39 Å². The number of halogens is 1. The number of rotatable bonds is 8. The Morgan fingerprint density at radius 2 is 1.78 bits per heavy atom. The Labute approximate surface area is 214 Å². The molecule has 1 aliphatic carbocycles. The molecule has 0 bridgehead atoms. The second-order valence-electron chi connectivity index (χ2n) is 9.35. The van der Waals surface area contributed by atoms with Gasteiger partial charge in [-0.3, -0.25) is 0 Å². The zero-order chi connectivity index (χ0) is 25.6. The van der Waals surface area contributed by atoms with Gasteiger partial charge in [-0.25, -0.2) is 22.2 Å². The number of benzene rings is 3. The van der Waals surface area contributed by atoms with Crippen LogP contribution in [0.15, 0.2) is 66.9 Å². The first-order valence-corrected chi connectivity index (χ1v) is 13.7. The van der Waals surface area contributed by atoms with Gasteiger partial charge < -0.3 is 14.2 Å². The number of fused-ring (bicyclic) bond motifs is 2. The summed E-state index contributed by atoms with van der Waals surface area (Å²) in [5, 5.41) is 4.93. The molecular weight excluding hydrogens is 497 g/mol. The first-order valence-electron chi connectivity index (χ1n) is 12.2. The van der Waals surface area contributed by atoms with Crippen LogP contribution in [0.25, 0.3) is 16.6 Å². The average molecular weight is 524 g/mol. The van der Waals surface area contributed by atoms with E-state index in [0.29, 0.717) is 43.3 Å². The molecular formula is C27H26FN3O5S. The van der Waals surface area contributed by atoms with Crippen molar-refractivity contribution in [1.82, 2.24) is 14.5 Å². The van der Waals surface area contributed by atoms with E-state index in [9.17, 15) is 12.8 Å². The first-order chi connectivity index (χ1) is 17.9. The molecule has 1 fully saturated rings. The lowest BCUT2D eigenvalue weighted by Crippen LogP contribution is -2.40. The SMILES string of the molecule is C[C@H](NS(=O)(=O)C1CC1)[C@H](Oc1ccc2c(cnn2-c2ccc(F)cc2)c1)c1ccc2c(c1)OCCO2. The molecule has 10 heteroatoms. The minimum Gasteiger partial charge on any atom is -0.486 e. The van der Waals surface area contributed by atoms with Gasteiger partial charge in [0.1, 0.15) is 30.9 Å². The summed E-state index contributed by atoms with van der Waals surface area (Å²) in [6.45, 7) is 2.72. The third-order valence-electron chi connectivity index (χ3n) is 6.54. The lowest BCUT2D eigenvalue weighted by atomic mass is 10.0. The second kappa shape index (κ2) is 9.35. The number of sulfonamides is 1. The van der Waals surface area contributed by atoms with Crippen molar-refractivity contribution in [3.63, 3.8) is 0 Å². The van der Waals surface area contributed by atoms with E-state index in [1.54, 1.807) is 29.9 Å². The molecule has 0 spiro atoms. The van der Waals surface area contributed by atoms with E-state index in [2.05, 4.69) is 9.82 Å². The maximum absolute atomic E-state index is 13.4. The van der Waals surface area contributed by atoms with Gasteiger partial charge in [-0.1, -0.05) is 6.07 Å². The summed E-state index contributed by atoms with van der Waals surface area (Å²) < 4.78 is 61.1. The number of ether oxygens (including phenoxy) is 3. The Morgan fingerprint density at radius 1 is 1.03 bits per heavy atom. The maximum atomic E-state index is 13.4. The summed E-state index contributed by atoms with van der Waals surface area (Å²) in [4.78, 5) is 0. The number of hydrogen-bond acceptors (Lipinski definition) is 6. The second-order valence-corrected chi connectivity index (χ2v) is 11.3. The van der Waals surface area contributed by atoms with Gasteiger partial charge in [0.05, 0.1) is 28.7 Å². The van der Waals surface area contributed by atoms with Crippen LogP contribution in [0, 0.1) is 5.82 Å². The van der Waals surface area contributed by atoms with Gasteiger partial charge in [0.2, 0.25) is 10.0 Å². The number of aromatic nitrogens is 2. The molecule has 1 saturated carbocycles. The van der Waals surface area contributed by atoms with E-state index in [0.717, 1.165) is 22.2 Å². The molecule has 6 rings (SSSR count). The van der Waals surface area contributed by atoms with E-state index >= 15 is 0 Å². The van der Waals surface area contributed by atoms with Crippen LogP contribution >= 0.6 is 0 Å². The molecule has 192 valence electrons. The Hall–Kier alpha value is -3.63. The van der Waals surface area contributed by atoms with Gasteiger partial charge in [-0.05, 0) is 79.9 Å². The van der Waals surface area contributed by atoms with Crippen molar-refractivity contribution in [1.29, 1.82) is 0 Å². The van der Waals surface area contributed by atoms with Crippen molar-refractivity contribution >= 4 is 20.9 Å². The molecule has 2 heterocycles. The predicted octanol–water partition coefficient (Wildman–Crippen LogP) is 4.53. The van der Waals surface area contributed by atoms with Crippen molar-refractivity contribution in [2.45, 2.75) is 37.2 Å². The summed E-state index contributed by atoms with van der Waals surface area (Å²) in [5.41, 5.74) is 2.33. The number of nitrogens with zero attached hydrogens (tertiary/aromatic N) is 2. The molecule has 0 radical (unpaired) electrons. The Bertz CT molecular complexity index is 1550. The molecule has 0 unspecified atom stereocenters. The van der Waals surface area contributed by atoms with Gasteiger partial charge in [0.15, 0.2) is 11.5 Å². The highest BCUT2D eigenvalue weighted by atomic mass is 32.2. The Kier molecular flexibility index (Phi) is 6.00. The van der Waals surface area contributed by atoms with Crippen molar-refractivity contribution in [2.75, 3.05) is 13.2 Å². The minimum absolute atomic E-state index is 0.312. The topological polar surface area (TPSA) is 91.7 Å². The van der Waals surface area contributed by atoms with Gasteiger partial charge in [0, 0.05) is 5.39 Å². The zero-order valence-corrected chi connectivity index (χ0v) is 20.9. The highest BCUT2D eigenvalue weighted by Crippen LogP contribution is 2.36. The molecule has 4 aromatic rings. The van der Waals surface area contributed by atoms with Gasteiger partial charge in [0.25, 0.3) is 0 Å². The van der Waals surface area contributed by atoms with Gasteiger partial charge in [-0.2, -0.15) is 5.10 Å². The van der Waals surface area contributed by atoms with Gasteiger partial charge in [-0.15, -0.1) is 0 Å². The standard InChI is InChI=1S/C27H26FN3O5S/c1-17(30-37(32,33)23-8-9-23)27(18-2-11-25-26(15-18)35-13-12-34-25)36-22-7-10-24-19(14-22)16-29-31(24)21-5-3-20(28)4-6-21/h2-7,10-11,14-17,23,27,30H,8-9,12-13H2,1H3/t17-,27-/m0/s1. The molecule has 1 aromatic heterocycles. The van der Waals surface area contributed by atoms with Crippen LogP contribution in [-0.4, -0.2) is 42.7 Å². The normalized spacial score (nSPS) is 16.9. The van der Waals surface area contributed by atoms with Crippen molar-refractivity contribution in [3.05, 3.63) is 78.2 Å². The van der Waals surface area contributed by atoms with Crippen LogP contribution in [0.1, 0.15) is 31.4 Å². The quantitative estimate of drug-likeness (QED) is 0.365. The van der Waals surface area contributed by atoms with Crippen molar-refractivity contribution in [2.24, 2.45) is 0 Å². The molecule has 1 aliphatic heterocycles. The fourth-order valence-corrected chi connectivity index (χ4v) is 6.10. The van der Waals surface area contributed by atoms with Crippen LogP contribution in [0.5, 0.6) is 17.2 Å². The molecule has 0 amide bonds. The Balaban J connectivity index is 1.32. The number of hydrogen-bond donors (Lipinski definition) is 1. The lowest BCUT2D eigenvalue weighted by Gasteiger charge is -2.28. The van der Waals surface area contributed by atoms with E-state index < -0.39 is 22.2 Å². The first kappa shape index (κ1) is 23.7. The molecule has 3 aromatic carbocycles. The molecule has 2 atom stereocenters. The molecule has 0 saturated heterocycles. The highest BCUT2D eigenvalue weighted by Gasteiger charge is 2.38. The van der Waals surface area contributed by atoms with Crippen molar-refractivity contribution < 1.29 is 27.0 Å². The smallest absolute Gasteiger partial charge is 0.214 e. The summed E-state index contributed by atoms with van der Waals surface area (Å²) >= 11 is 0. The fourth-order valence-electron chi connectivity index (χ4n) is 4.51. The fraction of sp³-hybridized carbons (Fsp3) is 0.296. The summed E-state index contributed by atoms with van der Waals surface area (Å²) in [7, 11) is -3.44. The van der Waals surface area contributed by atoms with E-state index in [4.69, 9.17) is 14.2 Å². The van der Waals surface area contributed by atoms with Gasteiger partial charge >= 0.3 is 0 Å². The van der Waals surface area contributed by atoms with Crippen LogP contribution in [-0.2, 0) is 10.0 Å². The highest BCUT2D eigenvalue weighted by molar-refractivity contribution is 7.90. The summed E-state index contributed by atoms with van der Waals surface area (Å²) in [6.07, 6.45) is 2.43. The third kappa shape index (κ3) is 4.86. The minimum atomic E-state index is -3.44. The van der Waals surface area contributed by atoms with Crippen LogP contribution < -0.4 is 18.9 Å². The molecule has 2 aliphatic rings. The summed E-state index contributed by atoms with van der Waals surface area (Å²) in [5.74, 6) is 1.50. The average Bonchev–Trinajstić information content (AvgIpc) is 3.68. The zero-order valence-electron chi connectivity index (χ0n) is 20.1. The maximum Gasteiger partial charge on any atom is 0.214 e. The van der Waals surface area contributed by atoms with E-state index in [1.807, 2.05) is 36.4 Å². The monoisotopic (exact) mass is 523 g/mol. The van der Waals surface area contributed by atoms with Crippen molar-refractivity contribution in [3.8, 4) is 22.9 Å². The van der Waals surface area contributed by atoms with E-state index in [1.165, 1.54) is 12.1 Å². The molecule has 37 heavy (non-hydrogen) atoms. The van der Waals surface area contributed by atoms with Crippen LogP contribution in [0.2, 0.25) is 0 Å². The lowest BCUT2D eigenvalue weighted by molar-refractivity contribution is 0.162. The predicted molar refractivity (Wildman–Crippen MR) is 136 cm³/mol. The van der Waals surface area contributed by atoms with Crippen LogP contribution in [0.3, 0.4) is 0 Å². The molecule has 8 nitrogen and oxygen atoms in total. The Morgan fingerprint density at radius 3 is 2.54 bits per heavy atom. The number of nitrogens with one attached hydrogen (secondary N) is 1. The van der Waals surface area contributed by atoms with E-state index in [-0.39, 0.29) is 11.1 Å². The third-order valence-corrected chi connectivity index (χ3v) is 8.59. The largest absolute Gasteiger partial charge is 0.486 e. The molecule has 1 N–H and O–H groups in total. The summed E-state index contributed by atoms with van der Waals surface area (Å²) in [6, 6.07) is 16.6.